The Morgan fingerprint density at radius 2 is 2.33 bits per heavy atom. The summed E-state index contributed by atoms with van der Waals surface area (Å²) in [6, 6.07) is 6.21. The van der Waals surface area contributed by atoms with E-state index >= 15 is 0 Å². The van der Waals surface area contributed by atoms with Crippen molar-refractivity contribution >= 4 is 12.1 Å². The molecule has 0 radical (unpaired) electrons. The van der Waals surface area contributed by atoms with Crippen molar-refractivity contribution in [2.24, 2.45) is 0 Å². The lowest BCUT2D eigenvalue weighted by atomic mass is 10.1. The highest BCUT2D eigenvalue weighted by Crippen LogP contribution is 2.27. The molecule has 2 nitrogen and oxygen atoms in total. The van der Waals surface area contributed by atoms with Crippen LogP contribution < -0.4 is 4.90 Å². The summed E-state index contributed by atoms with van der Waals surface area (Å²) in [5, 5.41) is 0. The smallest absolute Gasteiger partial charge is 0.214 e. The van der Waals surface area contributed by atoms with Crippen LogP contribution in [0.3, 0.4) is 0 Å². The average Bonchev–Trinajstić information content (AvgIpc) is 2.46. The lowest BCUT2D eigenvalue weighted by Crippen LogP contribution is -2.17. The van der Waals surface area contributed by atoms with Gasteiger partial charge in [0, 0.05) is 12.2 Å². The predicted octanol–water partition coefficient (Wildman–Crippen LogP) is 1.51. The first-order valence-electron chi connectivity index (χ1n) is 4.13. The Balaban J connectivity index is 2.47. The summed E-state index contributed by atoms with van der Waals surface area (Å²) in [7, 11) is 0. The summed E-state index contributed by atoms with van der Waals surface area (Å²) in [6.45, 7) is 2.91. The number of carbonyl (C=O) groups excluding carboxylic acids is 1. The Morgan fingerprint density at radius 1 is 1.50 bits per heavy atom. The number of anilines is 1. The van der Waals surface area contributed by atoms with Crippen molar-refractivity contribution in [3.63, 3.8) is 0 Å². The quantitative estimate of drug-likeness (QED) is 0.572. The molecule has 12 heavy (non-hydrogen) atoms. The van der Waals surface area contributed by atoms with E-state index in [4.69, 9.17) is 0 Å². The van der Waals surface area contributed by atoms with E-state index < -0.39 is 0 Å². The molecular formula is C10H11NO. The van der Waals surface area contributed by atoms with E-state index in [9.17, 15) is 4.79 Å². The first kappa shape index (κ1) is 7.35. The molecule has 2 rings (SSSR count). The van der Waals surface area contributed by atoms with Crippen molar-refractivity contribution < 1.29 is 4.79 Å². The second kappa shape index (κ2) is 2.63. The lowest BCUT2D eigenvalue weighted by molar-refractivity contribution is -0.107. The Hall–Kier alpha value is -1.31. The molecule has 0 N–H and O–H groups in total. The zero-order chi connectivity index (χ0) is 8.55. The van der Waals surface area contributed by atoms with E-state index in [2.05, 4.69) is 13.0 Å². The van der Waals surface area contributed by atoms with Gasteiger partial charge in [-0.05, 0) is 25.0 Å². The Bertz CT molecular complexity index is 320. The fraction of sp³-hybridized carbons (Fsp3) is 0.300. The van der Waals surface area contributed by atoms with Gasteiger partial charge in [0.2, 0.25) is 6.41 Å². The van der Waals surface area contributed by atoms with Gasteiger partial charge < -0.3 is 4.90 Å². The summed E-state index contributed by atoms with van der Waals surface area (Å²) in [5.74, 6) is 0. The van der Waals surface area contributed by atoms with Crippen LogP contribution in [0, 0.1) is 6.92 Å². The third-order valence-electron chi connectivity index (χ3n) is 2.29. The Kier molecular flexibility index (Phi) is 1.61. The molecule has 1 amide bonds. The Morgan fingerprint density at radius 3 is 3.08 bits per heavy atom. The first-order chi connectivity index (χ1) is 5.81. The van der Waals surface area contributed by atoms with Crippen LogP contribution in [-0.4, -0.2) is 13.0 Å². The highest BCUT2D eigenvalue weighted by Gasteiger charge is 2.17. The number of fused-ring (bicyclic) bond motifs is 1. The van der Waals surface area contributed by atoms with Crippen LogP contribution in [0.2, 0.25) is 0 Å². The first-order valence-corrected chi connectivity index (χ1v) is 4.13. The normalized spacial score (nSPS) is 14.6. The topological polar surface area (TPSA) is 20.3 Å². The molecule has 1 aromatic carbocycles. The fourth-order valence-corrected chi connectivity index (χ4v) is 1.67. The van der Waals surface area contributed by atoms with Gasteiger partial charge in [0.05, 0.1) is 0 Å². The molecule has 1 aliphatic rings. The third-order valence-corrected chi connectivity index (χ3v) is 2.29. The minimum Gasteiger partial charge on any atom is -0.314 e. The van der Waals surface area contributed by atoms with Crippen molar-refractivity contribution in [3.05, 3.63) is 29.3 Å². The minimum absolute atomic E-state index is 0.836. The molecule has 0 spiro atoms. The number of hydrogen-bond acceptors (Lipinski definition) is 1. The van der Waals surface area contributed by atoms with Crippen LogP contribution in [-0.2, 0) is 11.2 Å². The van der Waals surface area contributed by atoms with Gasteiger partial charge in [-0.3, -0.25) is 4.79 Å². The highest BCUT2D eigenvalue weighted by atomic mass is 16.1. The molecule has 2 heteroatoms. The molecule has 1 heterocycles. The summed E-state index contributed by atoms with van der Waals surface area (Å²) in [5.41, 5.74) is 3.64. The molecule has 0 aliphatic carbocycles. The molecule has 0 saturated carbocycles. The van der Waals surface area contributed by atoms with Crippen molar-refractivity contribution in [1.29, 1.82) is 0 Å². The van der Waals surface area contributed by atoms with Gasteiger partial charge in [0.15, 0.2) is 0 Å². The van der Waals surface area contributed by atoms with Gasteiger partial charge in [-0.25, -0.2) is 0 Å². The van der Waals surface area contributed by atoms with Crippen molar-refractivity contribution in [1.82, 2.24) is 0 Å². The molecule has 0 aromatic heterocycles. The van der Waals surface area contributed by atoms with Gasteiger partial charge in [-0.15, -0.1) is 0 Å². The average molecular weight is 161 g/mol. The standard InChI is InChI=1S/C10H11NO/c1-8-2-3-10-9(6-8)4-5-11(10)7-12/h2-3,6-7H,4-5H2,1H3. The van der Waals surface area contributed by atoms with Gasteiger partial charge in [-0.1, -0.05) is 17.7 Å². The molecule has 0 unspecified atom stereocenters. The van der Waals surface area contributed by atoms with Crippen LogP contribution >= 0.6 is 0 Å². The Labute approximate surface area is 71.8 Å². The zero-order valence-corrected chi connectivity index (χ0v) is 7.08. The zero-order valence-electron chi connectivity index (χ0n) is 7.08. The number of aryl methyl sites for hydroxylation is 1. The number of carbonyl (C=O) groups is 1. The van der Waals surface area contributed by atoms with Crippen LogP contribution in [0.4, 0.5) is 5.69 Å². The summed E-state index contributed by atoms with van der Waals surface area (Å²) >= 11 is 0. The van der Waals surface area contributed by atoms with Crippen LogP contribution in [0.15, 0.2) is 18.2 Å². The second-order valence-corrected chi connectivity index (χ2v) is 3.18. The number of hydrogen-bond donors (Lipinski definition) is 0. The summed E-state index contributed by atoms with van der Waals surface area (Å²) in [6.07, 6.45) is 1.90. The van der Waals surface area contributed by atoms with Crippen molar-refractivity contribution in [2.75, 3.05) is 11.4 Å². The number of nitrogens with zero attached hydrogens (tertiary/aromatic N) is 1. The maximum absolute atomic E-state index is 10.6. The third kappa shape index (κ3) is 0.998. The number of benzene rings is 1. The van der Waals surface area contributed by atoms with E-state index in [1.54, 1.807) is 4.90 Å². The monoisotopic (exact) mass is 161 g/mol. The lowest BCUT2D eigenvalue weighted by Gasteiger charge is -2.09. The fourth-order valence-electron chi connectivity index (χ4n) is 1.67. The van der Waals surface area contributed by atoms with Crippen LogP contribution in [0.25, 0.3) is 0 Å². The van der Waals surface area contributed by atoms with Crippen LogP contribution in [0.5, 0.6) is 0 Å². The molecule has 0 bridgehead atoms. The molecule has 0 fully saturated rings. The second-order valence-electron chi connectivity index (χ2n) is 3.18. The molecule has 1 aliphatic heterocycles. The van der Waals surface area contributed by atoms with Gasteiger partial charge in [0.25, 0.3) is 0 Å². The van der Waals surface area contributed by atoms with Gasteiger partial charge >= 0.3 is 0 Å². The highest BCUT2D eigenvalue weighted by molar-refractivity contribution is 5.79. The predicted molar refractivity (Wildman–Crippen MR) is 48.3 cm³/mol. The summed E-state index contributed by atoms with van der Waals surface area (Å²) < 4.78 is 0. The number of rotatable bonds is 1. The van der Waals surface area contributed by atoms with Crippen LogP contribution in [0.1, 0.15) is 11.1 Å². The molecule has 0 saturated heterocycles. The van der Waals surface area contributed by atoms with Gasteiger partial charge in [-0.2, -0.15) is 0 Å². The molecule has 1 aromatic rings. The van der Waals surface area contributed by atoms with Gasteiger partial charge in [0.1, 0.15) is 0 Å². The largest absolute Gasteiger partial charge is 0.314 e. The maximum Gasteiger partial charge on any atom is 0.214 e. The molecule has 0 atom stereocenters. The van der Waals surface area contributed by atoms with E-state index in [0.717, 1.165) is 25.1 Å². The SMILES string of the molecule is Cc1ccc2c(c1)CCN2C=O. The van der Waals surface area contributed by atoms with E-state index in [1.165, 1.54) is 11.1 Å². The number of amides is 1. The maximum atomic E-state index is 10.6. The summed E-state index contributed by atoms with van der Waals surface area (Å²) in [4.78, 5) is 12.3. The van der Waals surface area contributed by atoms with E-state index in [0.29, 0.717) is 0 Å². The minimum atomic E-state index is 0.836. The molecule has 62 valence electrons. The van der Waals surface area contributed by atoms with E-state index in [1.807, 2.05) is 12.1 Å². The van der Waals surface area contributed by atoms with Crippen molar-refractivity contribution in [2.45, 2.75) is 13.3 Å². The molecular weight excluding hydrogens is 150 g/mol. The van der Waals surface area contributed by atoms with Crippen molar-refractivity contribution in [3.8, 4) is 0 Å². The van der Waals surface area contributed by atoms with E-state index in [-0.39, 0.29) is 0 Å².